The van der Waals surface area contributed by atoms with Gasteiger partial charge in [0.2, 0.25) is 11.5 Å². The first kappa shape index (κ1) is 22.0. The Morgan fingerprint density at radius 2 is 1.90 bits per heavy atom. The minimum Gasteiger partial charge on any atom is -0.451 e. The maximum absolute atomic E-state index is 12.4. The molecule has 3 aromatic rings. The molecule has 0 fully saturated rings. The van der Waals surface area contributed by atoms with E-state index >= 15 is 0 Å². The lowest BCUT2D eigenvalue weighted by Gasteiger charge is -2.03. The van der Waals surface area contributed by atoms with Gasteiger partial charge in [-0.25, -0.2) is 4.79 Å². The van der Waals surface area contributed by atoms with Gasteiger partial charge in [0, 0.05) is 29.0 Å². The predicted molar refractivity (Wildman–Crippen MR) is 111 cm³/mol. The Kier molecular flexibility index (Phi) is 6.07. The summed E-state index contributed by atoms with van der Waals surface area (Å²) in [6.45, 7) is 4.18. The average Bonchev–Trinajstić information content (AvgIpc) is 3.30. The van der Waals surface area contributed by atoms with Crippen molar-refractivity contribution in [1.29, 1.82) is 0 Å². The molecule has 31 heavy (non-hydrogen) atoms. The summed E-state index contributed by atoms with van der Waals surface area (Å²) in [4.78, 5) is 49.5. The van der Waals surface area contributed by atoms with E-state index in [0.717, 1.165) is 0 Å². The maximum Gasteiger partial charge on any atom is 0.374 e. The lowest BCUT2D eigenvalue weighted by atomic mass is 10.1. The number of halogens is 1. The van der Waals surface area contributed by atoms with Crippen LogP contribution in [0.25, 0.3) is 11.3 Å². The van der Waals surface area contributed by atoms with Crippen LogP contribution in [0.15, 0.2) is 34.7 Å². The van der Waals surface area contributed by atoms with Gasteiger partial charge in [0.15, 0.2) is 12.4 Å². The maximum atomic E-state index is 12.4. The molecule has 0 aliphatic rings. The van der Waals surface area contributed by atoms with Crippen molar-refractivity contribution in [3.8, 4) is 11.3 Å². The monoisotopic (exact) mass is 444 g/mol. The summed E-state index contributed by atoms with van der Waals surface area (Å²) < 4.78 is 10.5. The van der Waals surface area contributed by atoms with Crippen LogP contribution in [0, 0.1) is 24.0 Å². The second kappa shape index (κ2) is 8.57. The van der Waals surface area contributed by atoms with Crippen LogP contribution in [0.3, 0.4) is 0 Å². The van der Waals surface area contributed by atoms with Crippen molar-refractivity contribution in [2.45, 2.75) is 20.8 Å². The number of non-ortho nitro benzene ring substituents is 1. The Labute approximate surface area is 181 Å². The molecule has 3 rings (SSSR count). The van der Waals surface area contributed by atoms with Gasteiger partial charge in [-0.3, -0.25) is 19.7 Å². The lowest BCUT2D eigenvalue weighted by Crippen LogP contribution is -2.15. The van der Waals surface area contributed by atoms with Crippen LogP contribution in [0.4, 0.5) is 5.69 Å². The number of rotatable bonds is 7. The molecule has 0 aliphatic carbocycles. The molecule has 10 heteroatoms. The molecule has 0 atom stereocenters. The number of hydrogen-bond donors (Lipinski definition) is 1. The number of hydrogen-bond acceptors (Lipinski definition) is 7. The highest BCUT2D eigenvalue weighted by Crippen LogP contribution is 2.32. The molecule has 0 radical (unpaired) electrons. The van der Waals surface area contributed by atoms with Crippen molar-refractivity contribution >= 4 is 34.8 Å². The number of ether oxygens (including phenoxy) is 1. The number of nitrogens with zero attached hydrogens (tertiary/aromatic N) is 1. The first-order chi connectivity index (χ1) is 14.6. The molecule has 0 unspecified atom stereocenters. The third kappa shape index (κ3) is 4.41. The summed E-state index contributed by atoms with van der Waals surface area (Å²) in [6, 6.07) is 6.64. The zero-order chi connectivity index (χ0) is 22.9. The Morgan fingerprint density at radius 3 is 2.48 bits per heavy atom. The van der Waals surface area contributed by atoms with Crippen molar-refractivity contribution in [2.24, 2.45) is 0 Å². The topological polar surface area (TPSA) is 133 Å². The largest absolute Gasteiger partial charge is 0.451 e. The number of nitro groups is 1. The summed E-state index contributed by atoms with van der Waals surface area (Å²) >= 11 is 6.07. The van der Waals surface area contributed by atoms with Gasteiger partial charge in [0.05, 0.1) is 15.6 Å². The highest BCUT2D eigenvalue weighted by molar-refractivity contribution is 6.33. The highest BCUT2D eigenvalue weighted by Gasteiger charge is 2.22. The number of ketones is 2. The second-order valence-electron chi connectivity index (χ2n) is 6.77. The minimum atomic E-state index is -0.870. The lowest BCUT2D eigenvalue weighted by molar-refractivity contribution is -0.384. The van der Waals surface area contributed by atoms with E-state index in [0.29, 0.717) is 22.4 Å². The summed E-state index contributed by atoms with van der Waals surface area (Å²) in [5, 5.41) is 10.9. The molecule has 1 N–H and O–H groups in total. The number of aromatic nitrogens is 1. The molecule has 0 bridgehead atoms. The third-order valence-corrected chi connectivity index (χ3v) is 4.95. The van der Waals surface area contributed by atoms with Gasteiger partial charge in [0.1, 0.15) is 5.76 Å². The molecule has 2 heterocycles. The van der Waals surface area contributed by atoms with E-state index in [2.05, 4.69) is 4.98 Å². The number of carbonyl (C=O) groups is 3. The summed E-state index contributed by atoms with van der Waals surface area (Å²) in [6.07, 6.45) is 0. The van der Waals surface area contributed by atoms with Crippen LogP contribution in [-0.4, -0.2) is 34.0 Å². The molecular formula is C21H17ClN2O7. The molecule has 0 saturated carbocycles. The van der Waals surface area contributed by atoms with Crippen LogP contribution in [0.1, 0.15) is 49.6 Å². The fourth-order valence-corrected chi connectivity index (χ4v) is 3.51. The van der Waals surface area contributed by atoms with Crippen LogP contribution in [-0.2, 0) is 4.74 Å². The van der Waals surface area contributed by atoms with Gasteiger partial charge in [-0.1, -0.05) is 11.6 Å². The molecule has 9 nitrogen and oxygen atoms in total. The zero-order valence-electron chi connectivity index (χ0n) is 16.8. The van der Waals surface area contributed by atoms with E-state index in [9.17, 15) is 24.5 Å². The predicted octanol–water partition coefficient (Wildman–Crippen LogP) is 4.70. The van der Waals surface area contributed by atoms with Gasteiger partial charge < -0.3 is 14.1 Å². The molecule has 1 aromatic carbocycles. The fraction of sp³-hybridized carbons (Fsp3) is 0.190. The number of esters is 1. The smallest absolute Gasteiger partial charge is 0.374 e. The standard InChI is InChI=1S/C21H17ClN2O7/c1-10-19(12(3)25)11(2)23-20(10)16(26)9-30-21(27)18-7-6-17(31-18)14-5-4-13(24(28)29)8-15(14)22/h4-8,23H,9H2,1-3H3. The van der Waals surface area contributed by atoms with Crippen molar-refractivity contribution in [1.82, 2.24) is 4.98 Å². The van der Waals surface area contributed by atoms with Crippen molar-refractivity contribution in [3.05, 3.63) is 73.7 Å². The molecule has 0 spiro atoms. The van der Waals surface area contributed by atoms with E-state index in [1.807, 2.05) is 0 Å². The van der Waals surface area contributed by atoms with Crippen molar-refractivity contribution in [2.75, 3.05) is 6.61 Å². The molecule has 0 aliphatic heterocycles. The Balaban J connectivity index is 1.71. The van der Waals surface area contributed by atoms with E-state index in [-0.39, 0.29) is 33.7 Å². The fourth-order valence-electron chi connectivity index (χ4n) is 3.24. The number of nitro benzene ring substituents is 1. The van der Waals surface area contributed by atoms with Gasteiger partial charge in [-0.15, -0.1) is 0 Å². The number of nitrogens with one attached hydrogen (secondary N) is 1. The number of aryl methyl sites for hydroxylation is 1. The number of Topliss-reactive ketones (excluding diaryl/α,β-unsaturated/α-hetero) is 2. The summed E-state index contributed by atoms with van der Waals surface area (Å²) in [5.41, 5.74) is 1.88. The van der Waals surface area contributed by atoms with Gasteiger partial charge >= 0.3 is 5.97 Å². The normalized spacial score (nSPS) is 10.7. The zero-order valence-corrected chi connectivity index (χ0v) is 17.5. The van der Waals surface area contributed by atoms with E-state index < -0.39 is 23.3 Å². The molecule has 0 amide bonds. The number of furan rings is 1. The first-order valence-corrected chi connectivity index (χ1v) is 9.42. The van der Waals surface area contributed by atoms with Crippen molar-refractivity contribution in [3.63, 3.8) is 0 Å². The Bertz CT molecular complexity index is 1220. The molecule has 0 saturated heterocycles. The van der Waals surface area contributed by atoms with Crippen molar-refractivity contribution < 1.29 is 28.5 Å². The highest BCUT2D eigenvalue weighted by atomic mass is 35.5. The quantitative estimate of drug-likeness (QED) is 0.242. The number of H-pyrrole nitrogens is 1. The number of carbonyl (C=O) groups excluding carboxylic acids is 3. The number of aromatic amines is 1. The molecule has 2 aromatic heterocycles. The third-order valence-electron chi connectivity index (χ3n) is 4.64. The second-order valence-corrected chi connectivity index (χ2v) is 7.17. The van der Waals surface area contributed by atoms with Gasteiger partial charge in [-0.2, -0.15) is 0 Å². The van der Waals surface area contributed by atoms with Crippen LogP contribution in [0.5, 0.6) is 0 Å². The van der Waals surface area contributed by atoms with Crippen LogP contribution in [0.2, 0.25) is 5.02 Å². The van der Waals surface area contributed by atoms with E-state index in [1.54, 1.807) is 13.8 Å². The van der Waals surface area contributed by atoms with Gasteiger partial charge in [-0.05, 0) is 44.5 Å². The van der Waals surface area contributed by atoms with Gasteiger partial charge in [0.25, 0.3) is 5.69 Å². The van der Waals surface area contributed by atoms with Crippen LogP contribution < -0.4 is 0 Å². The van der Waals surface area contributed by atoms with E-state index in [4.69, 9.17) is 20.8 Å². The summed E-state index contributed by atoms with van der Waals surface area (Å²) in [7, 11) is 0. The summed E-state index contributed by atoms with van der Waals surface area (Å²) in [5.74, 6) is -1.49. The van der Waals surface area contributed by atoms with Crippen LogP contribution >= 0.6 is 11.6 Å². The first-order valence-electron chi connectivity index (χ1n) is 9.04. The molecular weight excluding hydrogens is 428 g/mol. The number of benzene rings is 1. The molecule has 160 valence electrons. The Hall–Kier alpha value is -3.72. The average molecular weight is 445 g/mol. The minimum absolute atomic E-state index is 0.0810. The Morgan fingerprint density at radius 1 is 1.19 bits per heavy atom. The SMILES string of the molecule is CC(=O)c1c(C)[nH]c(C(=O)COC(=O)c2ccc(-c3ccc([N+](=O)[O-])cc3Cl)o2)c1C. The van der Waals surface area contributed by atoms with E-state index in [1.165, 1.54) is 37.3 Å².